The molecule has 0 aliphatic rings. The van der Waals surface area contributed by atoms with Crippen LogP contribution in [0.4, 0.5) is 0 Å². The molecule has 1 atom stereocenters. The van der Waals surface area contributed by atoms with Gasteiger partial charge in [-0.3, -0.25) is 4.79 Å². The topological polar surface area (TPSA) is 72.5 Å². The van der Waals surface area contributed by atoms with Gasteiger partial charge in [-0.1, -0.05) is 15.9 Å². The highest BCUT2D eigenvalue weighted by molar-refractivity contribution is 9.11. The van der Waals surface area contributed by atoms with E-state index in [1.54, 1.807) is 6.07 Å². The molecule has 8 heteroatoms. The van der Waals surface area contributed by atoms with Crippen molar-refractivity contribution in [3.63, 3.8) is 0 Å². The third-order valence-corrected chi connectivity index (χ3v) is 5.74. The van der Waals surface area contributed by atoms with Gasteiger partial charge in [0.15, 0.2) is 0 Å². The lowest BCUT2D eigenvalue weighted by atomic mass is 10.2. The van der Waals surface area contributed by atoms with Crippen molar-refractivity contribution in [3.8, 4) is 0 Å². The monoisotopic (exact) mass is 413 g/mol. The van der Waals surface area contributed by atoms with Gasteiger partial charge in [-0.25, -0.2) is 8.42 Å². The second kappa shape index (κ2) is 6.34. The first-order valence-corrected chi connectivity index (χ1v) is 8.31. The Morgan fingerprint density at radius 3 is 2.42 bits per heavy atom. The minimum absolute atomic E-state index is 0.0562. The highest BCUT2D eigenvalue weighted by Gasteiger charge is 2.24. The lowest BCUT2D eigenvalue weighted by molar-refractivity contribution is -0.142. The molecule has 1 rings (SSSR count). The molecule has 19 heavy (non-hydrogen) atoms. The summed E-state index contributed by atoms with van der Waals surface area (Å²) in [5.41, 5.74) is 0.895. The van der Waals surface area contributed by atoms with Crippen molar-refractivity contribution in [1.82, 2.24) is 4.72 Å². The molecule has 0 amide bonds. The van der Waals surface area contributed by atoms with E-state index in [4.69, 9.17) is 0 Å². The maximum atomic E-state index is 12.2. The van der Waals surface area contributed by atoms with Gasteiger partial charge >= 0.3 is 5.97 Å². The summed E-state index contributed by atoms with van der Waals surface area (Å²) in [6.07, 6.45) is 0. The molecule has 0 unspecified atom stereocenters. The first kappa shape index (κ1) is 16.6. The molecule has 1 aromatic carbocycles. The number of halogens is 2. The summed E-state index contributed by atoms with van der Waals surface area (Å²) in [6.45, 7) is 3.26. The average Bonchev–Trinajstić information content (AvgIpc) is 2.31. The van der Waals surface area contributed by atoms with Crippen LogP contribution < -0.4 is 4.72 Å². The lowest BCUT2D eigenvalue weighted by Crippen LogP contribution is -2.39. The average molecular weight is 415 g/mol. The van der Waals surface area contributed by atoms with Gasteiger partial charge in [-0.05, 0) is 47.5 Å². The maximum Gasteiger partial charge on any atom is 0.323 e. The van der Waals surface area contributed by atoms with Crippen LogP contribution >= 0.6 is 31.9 Å². The Hall–Kier alpha value is -0.440. The van der Waals surface area contributed by atoms with Crippen molar-refractivity contribution < 1.29 is 17.9 Å². The van der Waals surface area contributed by atoms with E-state index in [2.05, 4.69) is 41.3 Å². The van der Waals surface area contributed by atoms with Crippen LogP contribution in [0.25, 0.3) is 0 Å². The van der Waals surface area contributed by atoms with Crippen LogP contribution in [-0.4, -0.2) is 27.5 Å². The number of nitrogens with one attached hydrogen (secondary N) is 1. The first-order chi connectivity index (χ1) is 8.69. The van der Waals surface area contributed by atoms with Crippen LogP contribution in [0.5, 0.6) is 0 Å². The second-order valence-corrected chi connectivity index (χ2v) is 7.29. The van der Waals surface area contributed by atoms with E-state index in [-0.39, 0.29) is 4.90 Å². The van der Waals surface area contributed by atoms with E-state index in [9.17, 15) is 13.2 Å². The number of hydrogen-bond acceptors (Lipinski definition) is 4. The van der Waals surface area contributed by atoms with Gasteiger partial charge in [0.05, 0.1) is 12.0 Å². The number of aryl methyl sites for hydroxylation is 1. The Balaban J connectivity index is 3.14. The van der Waals surface area contributed by atoms with E-state index < -0.39 is 22.0 Å². The van der Waals surface area contributed by atoms with E-state index in [1.807, 2.05) is 6.92 Å². The summed E-state index contributed by atoms with van der Waals surface area (Å²) in [7, 11) is -2.61. The number of carbonyl (C=O) groups excluding carboxylic acids is 1. The fraction of sp³-hybridized carbons (Fsp3) is 0.364. The van der Waals surface area contributed by atoms with E-state index in [0.29, 0.717) is 8.95 Å². The molecule has 1 aromatic rings. The van der Waals surface area contributed by atoms with Crippen molar-refractivity contribution >= 4 is 47.9 Å². The quantitative estimate of drug-likeness (QED) is 0.767. The normalized spacial score (nSPS) is 13.1. The Labute approximate surface area is 129 Å². The molecule has 0 aromatic heterocycles. The van der Waals surface area contributed by atoms with Crippen LogP contribution in [0, 0.1) is 6.92 Å². The van der Waals surface area contributed by atoms with Crippen molar-refractivity contribution in [2.45, 2.75) is 24.8 Å². The lowest BCUT2D eigenvalue weighted by Gasteiger charge is -2.14. The first-order valence-electron chi connectivity index (χ1n) is 5.25. The van der Waals surface area contributed by atoms with Gasteiger partial charge in [0.2, 0.25) is 10.0 Å². The molecule has 0 spiro atoms. The van der Waals surface area contributed by atoms with Crippen molar-refractivity contribution in [2.75, 3.05) is 7.11 Å². The van der Waals surface area contributed by atoms with Crippen LogP contribution in [0.1, 0.15) is 12.5 Å². The third kappa shape index (κ3) is 4.01. The van der Waals surface area contributed by atoms with Crippen LogP contribution in [0.3, 0.4) is 0 Å². The molecule has 5 nitrogen and oxygen atoms in total. The zero-order valence-electron chi connectivity index (χ0n) is 10.5. The Bertz CT molecular complexity index is 601. The van der Waals surface area contributed by atoms with Crippen LogP contribution in [0.2, 0.25) is 0 Å². The molecular formula is C11H13Br2NO4S. The van der Waals surface area contributed by atoms with Gasteiger partial charge in [-0.15, -0.1) is 0 Å². The Morgan fingerprint density at radius 2 is 1.89 bits per heavy atom. The van der Waals surface area contributed by atoms with Crippen LogP contribution in [0.15, 0.2) is 26.0 Å². The second-order valence-electron chi connectivity index (χ2n) is 3.90. The molecular weight excluding hydrogens is 402 g/mol. The minimum atomic E-state index is -3.81. The molecule has 0 bridgehead atoms. The number of esters is 1. The van der Waals surface area contributed by atoms with Crippen molar-refractivity contribution in [3.05, 3.63) is 26.6 Å². The molecule has 0 saturated heterocycles. The molecule has 0 radical (unpaired) electrons. The maximum absolute atomic E-state index is 12.2. The number of carbonyl (C=O) groups is 1. The zero-order chi connectivity index (χ0) is 14.8. The number of methoxy groups -OCH3 is 1. The molecule has 0 fully saturated rings. The smallest absolute Gasteiger partial charge is 0.323 e. The fourth-order valence-electron chi connectivity index (χ4n) is 1.36. The number of sulfonamides is 1. The summed E-state index contributed by atoms with van der Waals surface area (Å²) >= 11 is 6.48. The van der Waals surface area contributed by atoms with Gasteiger partial charge < -0.3 is 4.74 Å². The summed E-state index contributed by atoms with van der Waals surface area (Å²) in [5.74, 6) is -0.647. The fourth-order valence-corrected chi connectivity index (χ4v) is 4.22. The molecule has 0 saturated carbocycles. The number of rotatable bonds is 4. The standard InChI is InChI=1S/C11H13Br2NO4S/c1-6-4-9(13)10(5-8(6)12)19(16,17)14-7(2)11(15)18-3/h4-5,7,14H,1-3H3/t7-/m0/s1. The van der Waals surface area contributed by atoms with Gasteiger partial charge in [0.25, 0.3) is 0 Å². The number of hydrogen-bond donors (Lipinski definition) is 1. The van der Waals surface area contributed by atoms with Gasteiger partial charge in [-0.2, -0.15) is 4.72 Å². The third-order valence-electron chi connectivity index (χ3n) is 2.39. The summed E-state index contributed by atoms with van der Waals surface area (Å²) in [6, 6.07) is 2.20. The molecule has 0 heterocycles. The molecule has 0 aliphatic heterocycles. The highest BCUT2D eigenvalue weighted by atomic mass is 79.9. The van der Waals surface area contributed by atoms with Crippen LogP contribution in [-0.2, 0) is 19.6 Å². The van der Waals surface area contributed by atoms with Crippen molar-refractivity contribution in [2.24, 2.45) is 0 Å². The zero-order valence-corrected chi connectivity index (χ0v) is 14.5. The highest BCUT2D eigenvalue weighted by Crippen LogP contribution is 2.28. The van der Waals surface area contributed by atoms with E-state index in [1.165, 1.54) is 20.1 Å². The summed E-state index contributed by atoms with van der Waals surface area (Å²) in [4.78, 5) is 11.3. The molecule has 0 aliphatic carbocycles. The summed E-state index contributed by atoms with van der Waals surface area (Å²) < 4.78 is 32.2. The van der Waals surface area contributed by atoms with Crippen molar-refractivity contribution in [1.29, 1.82) is 0 Å². The Morgan fingerprint density at radius 1 is 1.32 bits per heavy atom. The van der Waals surface area contributed by atoms with E-state index in [0.717, 1.165) is 5.56 Å². The van der Waals surface area contributed by atoms with Gasteiger partial charge in [0.1, 0.15) is 6.04 Å². The van der Waals surface area contributed by atoms with Gasteiger partial charge in [0, 0.05) is 8.95 Å². The van der Waals surface area contributed by atoms with E-state index >= 15 is 0 Å². The molecule has 1 N–H and O–H groups in total. The molecule has 106 valence electrons. The SMILES string of the molecule is COC(=O)[C@H](C)NS(=O)(=O)c1cc(Br)c(C)cc1Br. The minimum Gasteiger partial charge on any atom is -0.468 e. The predicted molar refractivity (Wildman–Crippen MR) is 78.4 cm³/mol. The number of ether oxygens (including phenoxy) is 1. The predicted octanol–water partition coefficient (Wildman–Crippen LogP) is 2.36. The number of benzene rings is 1. The summed E-state index contributed by atoms with van der Waals surface area (Å²) in [5, 5.41) is 0. The largest absolute Gasteiger partial charge is 0.468 e. The Kier molecular flexibility index (Phi) is 5.54.